The minimum atomic E-state index is -1.47. The zero-order chi connectivity index (χ0) is 47.6. The van der Waals surface area contributed by atoms with Crippen molar-refractivity contribution in [3.63, 3.8) is 0 Å². The Morgan fingerprint density at radius 2 is 0.590 bits per heavy atom. The largest absolute Gasteiger partial charge is 0.480 e. The average molecular weight is 877 g/mol. The Morgan fingerprint density at radius 3 is 0.836 bits per heavy atom. The molecule has 0 heterocycles. The molecule has 0 radical (unpaired) electrons. The predicted molar refractivity (Wildman–Crippen MR) is 203 cm³/mol. The average Bonchev–Trinajstić information content (AvgIpc) is 3.15. The number of nitrogens with one attached hydrogen (secondary N) is 8. The fourth-order valence-electron chi connectivity index (χ4n) is 4.38. The van der Waals surface area contributed by atoms with Crippen molar-refractivity contribution in [2.75, 3.05) is 19.6 Å². The Morgan fingerprint density at radius 1 is 0.377 bits per heavy atom. The Labute approximate surface area is 348 Å². The van der Waals surface area contributed by atoms with Crippen molar-refractivity contribution < 1.29 is 78.3 Å². The number of nitrogens with zero attached hydrogens (tertiary/aromatic N) is 3. The molecular formula is C33H56N12O16. The molecule has 0 spiro atoms. The molecule has 9 atom stereocenters. The van der Waals surface area contributed by atoms with Gasteiger partial charge in [-0.1, -0.05) is 0 Å². The molecule has 0 saturated heterocycles. The third-order valence-electron chi connectivity index (χ3n) is 8.04. The summed E-state index contributed by atoms with van der Waals surface area (Å²) in [5.74, 6) is -12.2. The second kappa shape index (κ2) is 25.2. The summed E-state index contributed by atoms with van der Waals surface area (Å²) in [5.41, 5.74) is 5.40. The molecule has 0 aromatic carbocycles. The number of rotatable bonds is 23. The van der Waals surface area contributed by atoms with Crippen molar-refractivity contribution in [1.82, 2.24) is 57.7 Å². The maximum absolute atomic E-state index is 12.7. The first-order chi connectivity index (χ1) is 28.0. The van der Waals surface area contributed by atoms with Crippen LogP contribution in [0.1, 0.15) is 62.3 Å². The number of hydrogen-bond donors (Lipinski definition) is 13. The van der Waals surface area contributed by atoms with E-state index in [4.69, 9.17) is 10.8 Å². The molecule has 0 unspecified atom stereocenters. The van der Waals surface area contributed by atoms with E-state index in [1.165, 1.54) is 41.5 Å². The first-order valence-corrected chi connectivity index (χ1v) is 18.4. The Hall–Kier alpha value is -6.52. The minimum absolute atomic E-state index is 0.0177. The highest BCUT2D eigenvalue weighted by molar-refractivity contribution is 5.97. The van der Waals surface area contributed by atoms with Gasteiger partial charge in [0.25, 0.3) is 17.7 Å². The molecule has 0 aliphatic carbocycles. The van der Waals surface area contributed by atoms with Crippen LogP contribution in [0.15, 0.2) is 0 Å². The number of carbonyl (C=O) groups is 12. The van der Waals surface area contributed by atoms with Crippen LogP contribution >= 0.6 is 0 Å². The molecule has 28 nitrogen and oxygen atoms in total. The van der Waals surface area contributed by atoms with Crippen molar-refractivity contribution in [3.8, 4) is 0 Å². The topological polar surface area (TPSA) is 418 Å². The normalized spacial score (nSPS) is 15.1. The molecule has 0 aliphatic rings. The van der Waals surface area contributed by atoms with Gasteiger partial charge in [-0.3, -0.25) is 73.2 Å². The van der Waals surface area contributed by atoms with E-state index in [9.17, 15) is 73.2 Å². The maximum Gasteiger partial charge on any atom is 0.325 e. The molecule has 61 heavy (non-hydrogen) atoms. The summed E-state index contributed by atoms with van der Waals surface area (Å²) in [7, 11) is 0. The monoisotopic (exact) mass is 876 g/mol. The summed E-state index contributed by atoms with van der Waals surface area (Å²) in [5, 5.41) is 56.3. The van der Waals surface area contributed by atoms with E-state index in [1.54, 1.807) is 0 Å². The SMILES string of the molecule is C[C@H](N)C(=O)N[C@@H](C)C(=O)N(O)CC(=O)N[C@@H](C)C(=O)N[C@@H](C)C(=O)N[C@@H](C)C(=O)N(O)CC(=O)N[C@@H](C)C(=O)N[C@@H](C)C(=O)N[C@@H](C)C(=O)N(O)CC(=O)N[C@@H](C)C(=O)O. The molecule has 0 fully saturated rings. The van der Waals surface area contributed by atoms with E-state index in [1.807, 2.05) is 5.32 Å². The summed E-state index contributed by atoms with van der Waals surface area (Å²) in [6.45, 7) is 7.97. The van der Waals surface area contributed by atoms with Crippen LogP contribution in [0.5, 0.6) is 0 Å². The molecule has 0 bridgehead atoms. The summed E-state index contributed by atoms with van der Waals surface area (Å²) < 4.78 is 0. The van der Waals surface area contributed by atoms with Crippen molar-refractivity contribution in [2.45, 2.75) is 117 Å². The van der Waals surface area contributed by atoms with E-state index in [-0.39, 0.29) is 15.2 Å². The molecule has 0 rings (SSSR count). The van der Waals surface area contributed by atoms with Gasteiger partial charge in [0.05, 0.1) is 6.04 Å². The zero-order valence-corrected chi connectivity index (χ0v) is 34.9. The highest BCUT2D eigenvalue weighted by Crippen LogP contribution is 1.99. The first kappa shape index (κ1) is 54.5. The number of aliphatic carboxylic acids is 1. The zero-order valence-electron chi connectivity index (χ0n) is 34.9. The highest BCUT2D eigenvalue weighted by Gasteiger charge is 2.30. The molecule has 14 N–H and O–H groups in total. The lowest BCUT2D eigenvalue weighted by molar-refractivity contribution is -0.171. The second-order valence-corrected chi connectivity index (χ2v) is 13.8. The number of carbonyl (C=O) groups excluding carboxylic acids is 11. The number of nitrogens with two attached hydrogens (primary N) is 1. The molecule has 11 amide bonds. The lowest BCUT2D eigenvalue weighted by Gasteiger charge is -2.24. The van der Waals surface area contributed by atoms with E-state index in [0.717, 1.165) is 20.8 Å². The van der Waals surface area contributed by atoms with Crippen LogP contribution < -0.4 is 48.3 Å². The van der Waals surface area contributed by atoms with E-state index < -0.39 is 145 Å². The van der Waals surface area contributed by atoms with Crippen molar-refractivity contribution in [2.24, 2.45) is 5.73 Å². The third kappa shape index (κ3) is 19.4. The number of hydrogen-bond acceptors (Lipinski definition) is 16. The summed E-state index contributed by atoms with van der Waals surface area (Å²) >= 11 is 0. The number of carboxylic acid groups (broad SMARTS) is 1. The number of amides is 11. The first-order valence-electron chi connectivity index (χ1n) is 18.4. The van der Waals surface area contributed by atoms with Crippen LogP contribution in [0.2, 0.25) is 0 Å². The maximum atomic E-state index is 12.7. The van der Waals surface area contributed by atoms with Gasteiger partial charge in [-0.2, -0.15) is 0 Å². The smallest absolute Gasteiger partial charge is 0.325 e. The molecular weight excluding hydrogens is 820 g/mol. The van der Waals surface area contributed by atoms with E-state index in [2.05, 4.69) is 37.2 Å². The van der Waals surface area contributed by atoms with Crippen LogP contribution in [-0.4, -0.2) is 181 Å². The molecule has 0 aromatic heterocycles. The van der Waals surface area contributed by atoms with E-state index in [0.29, 0.717) is 0 Å². The van der Waals surface area contributed by atoms with Crippen molar-refractivity contribution in [3.05, 3.63) is 0 Å². The second-order valence-electron chi connectivity index (χ2n) is 13.8. The van der Waals surface area contributed by atoms with Gasteiger partial charge in [-0.05, 0) is 62.3 Å². The fraction of sp³-hybridized carbons (Fsp3) is 0.636. The van der Waals surface area contributed by atoms with Crippen LogP contribution in [0.25, 0.3) is 0 Å². The highest BCUT2D eigenvalue weighted by atomic mass is 16.5. The Bertz CT molecular complexity index is 1680. The van der Waals surface area contributed by atoms with Crippen molar-refractivity contribution >= 4 is 70.9 Å². The third-order valence-corrected chi connectivity index (χ3v) is 8.04. The molecule has 28 heteroatoms. The standard InChI is InChI=1S/C33H56N12O16/c1-13(34)25(49)40-18(6)30(54)43(59)10-22(46)35-14(2)26(50)38-16(4)28(52)41-19(7)31(55)44(60)11-23(47)36-15(3)27(51)39-17(5)29(53)42-20(8)32(56)45(61)12-24(48)37-21(9)33(57)58/h13-21,59-61H,10-12,34H2,1-9H3,(H,35,46)(H,36,47)(H,37,48)(H,38,50)(H,39,51)(H,40,49)(H,41,52)(H,42,53)(H,57,58)/t13-,14-,15-,16-,17-,18-,19-,20-,21-/m0/s1. The van der Waals surface area contributed by atoms with Crippen LogP contribution in [0.3, 0.4) is 0 Å². The van der Waals surface area contributed by atoms with Gasteiger partial charge in [0, 0.05) is 0 Å². The van der Waals surface area contributed by atoms with Gasteiger partial charge < -0.3 is 53.4 Å². The van der Waals surface area contributed by atoms with Gasteiger partial charge in [0.15, 0.2) is 0 Å². The van der Waals surface area contributed by atoms with Gasteiger partial charge >= 0.3 is 5.97 Å². The lowest BCUT2D eigenvalue weighted by Crippen LogP contribution is -2.57. The van der Waals surface area contributed by atoms with E-state index >= 15 is 0 Å². The van der Waals surface area contributed by atoms with Crippen LogP contribution in [0, 0.1) is 0 Å². The summed E-state index contributed by atoms with van der Waals surface area (Å²) in [6.07, 6.45) is 0. The molecule has 344 valence electrons. The quantitative estimate of drug-likeness (QED) is 0.0335. The van der Waals surface area contributed by atoms with Gasteiger partial charge in [-0.15, -0.1) is 0 Å². The van der Waals surface area contributed by atoms with Gasteiger partial charge in [0.1, 0.15) is 68.0 Å². The van der Waals surface area contributed by atoms with Crippen LogP contribution in [-0.2, 0) is 57.5 Å². The molecule has 0 aliphatic heterocycles. The van der Waals surface area contributed by atoms with Gasteiger partial charge in [-0.25, -0.2) is 15.2 Å². The van der Waals surface area contributed by atoms with Crippen molar-refractivity contribution in [1.29, 1.82) is 0 Å². The summed E-state index contributed by atoms with van der Waals surface area (Å²) in [6, 6.07) is -11.7. The number of hydroxylamine groups is 6. The molecule has 0 saturated carbocycles. The predicted octanol–water partition coefficient (Wildman–Crippen LogP) is -6.89. The summed E-state index contributed by atoms with van der Waals surface area (Å²) in [4.78, 5) is 147. The minimum Gasteiger partial charge on any atom is -0.480 e. The Balaban J connectivity index is 4.91. The fourth-order valence-corrected chi connectivity index (χ4v) is 4.38. The lowest BCUT2D eigenvalue weighted by atomic mass is 10.2. The Kier molecular flexibility index (Phi) is 22.5. The van der Waals surface area contributed by atoms with Gasteiger partial charge in [0.2, 0.25) is 47.3 Å². The number of carboxylic acids is 1. The molecule has 0 aromatic rings. The van der Waals surface area contributed by atoms with Crippen LogP contribution in [0.4, 0.5) is 0 Å².